The molecule has 2 aromatic carbocycles. The van der Waals surface area contributed by atoms with Crippen LogP contribution in [0.2, 0.25) is 0 Å². The van der Waals surface area contributed by atoms with E-state index in [1.54, 1.807) is 0 Å². The Morgan fingerprint density at radius 2 is 1.78 bits per heavy atom. The van der Waals surface area contributed by atoms with E-state index in [1.165, 1.54) is 5.56 Å². The van der Waals surface area contributed by atoms with Crippen molar-refractivity contribution in [3.05, 3.63) is 71.9 Å². The molecule has 0 saturated carbocycles. The van der Waals surface area contributed by atoms with Gasteiger partial charge in [0.05, 0.1) is 13.0 Å². The van der Waals surface area contributed by atoms with Crippen molar-refractivity contribution in [2.75, 3.05) is 13.2 Å². The van der Waals surface area contributed by atoms with Gasteiger partial charge in [0, 0.05) is 24.3 Å². The van der Waals surface area contributed by atoms with Gasteiger partial charge in [-0.2, -0.15) is 0 Å². The van der Waals surface area contributed by atoms with Crippen molar-refractivity contribution < 1.29 is 9.90 Å². The van der Waals surface area contributed by atoms with Crippen molar-refractivity contribution in [3.8, 4) is 0 Å². The number of carbonyl (C=O) groups is 1. The van der Waals surface area contributed by atoms with Crippen LogP contribution < -0.4 is 5.32 Å². The van der Waals surface area contributed by atoms with Crippen LogP contribution in [0, 0.1) is 0 Å². The summed E-state index contributed by atoms with van der Waals surface area (Å²) in [6.07, 6.45) is 0.307. The van der Waals surface area contributed by atoms with Crippen molar-refractivity contribution >= 4 is 16.8 Å². The van der Waals surface area contributed by atoms with E-state index >= 15 is 0 Å². The Hall–Kier alpha value is -2.59. The minimum Gasteiger partial charge on any atom is -0.395 e. The molecular weight excluding hydrogens is 288 g/mol. The first kappa shape index (κ1) is 15.3. The highest BCUT2D eigenvalue weighted by Gasteiger charge is 2.12. The first-order valence-electron chi connectivity index (χ1n) is 7.76. The van der Waals surface area contributed by atoms with E-state index in [1.807, 2.05) is 30.3 Å². The lowest BCUT2D eigenvalue weighted by Gasteiger charge is -2.11. The van der Waals surface area contributed by atoms with Gasteiger partial charge in [-0.15, -0.1) is 0 Å². The molecular formula is C19H20N2O2. The number of nitrogens with one attached hydrogen (secondary N) is 1. The standard InChI is InChI=1S/C19H20N2O2/c22-11-10-20-19(23)13-17-12-16-8-4-5-9-18(16)21(17)14-15-6-2-1-3-7-15/h1-9,12,22H,10-11,13-14H2,(H,20,23). The molecule has 1 amide bonds. The second kappa shape index (κ2) is 7.11. The number of hydrogen-bond acceptors (Lipinski definition) is 2. The molecule has 0 saturated heterocycles. The monoisotopic (exact) mass is 308 g/mol. The third-order valence-electron chi connectivity index (χ3n) is 3.86. The van der Waals surface area contributed by atoms with E-state index in [0.717, 1.165) is 23.1 Å². The summed E-state index contributed by atoms with van der Waals surface area (Å²) in [5.41, 5.74) is 3.30. The Balaban J connectivity index is 1.93. The lowest BCUT2D eigenvalue weighted by atomic mass is 10.2. The van der Waals surface area contributed by atoms with E-state index in [0.29, 0.717) is 6.42 Å². The van der Waals surface area contributed by atoms with E-state index in [4.69, 9.17) is 5.11 Å². The number of nitrogens with zero attached hydrogens (tertiary/aromatic N) is 1. The molecule has 0 aliphatic rings. The number of benzene rings is 2. The van der Waals surface area contributed by atoms with Crippen LogP contribution in [-0.2, 0) is 17.8 Å². The van der Waals surface area contributed by atoms with Gasteiger partial charge in [-0.3, -0.25) is 4.79 Å². The van der Waals surface area contributed by atoms with Crippen LogP contribution in [0.4, 0.5) is 0 Å². The molecule has 0 bridgehead atoms. The van der Waals surface area contributed by atoms with Gasteiger partial charge in [0.25, 0.3) is 0 Å². The fraction of sp³-hybridized carbons (Fsp3) is 0.211. The Morgan fingerprint density at radius 3 is 2.57 bits per heavy atom. The van der Waals surface area contributed by atoms with Crippen molar-refractivity contribution in [2.24, 2.45) is 0 Å². The largest absolute Gasteiger partial charge is 0.395 e. The summed E-state index contributed by atoms with van der Waals surface area (Å²) in [4.78, 5) is 12.0. The fourth-order valence-corrected chi connectivity index (χ4v) is 2.79. The van der Waals surface area contributed by atoms with Gasteiger partial charge in [0.1, 0.15) is 0 Å². The Morgan fingerprint density at radius 1 is 1.04 bits per heavy atom. The minimum atomic E-state index is -0.0730. The first-order chi connectivity index (χ1) is 11.3. The molecule has 23 heavy (non-hydrogen) atoms. The number of aliphatic hydroxyl groups is 1. The minimum absolute atomic E-state index is 0.0429. The molecule has 0 atom stereocenters. The van der Waals surface area contributed by atoms with Gasteiger partial charge in [-0.1, -0.05) is 48.5 Å². The van der Waals surface area contributed by atoms with Crippen LogP contribution in [0.25, 0.3) is 10.9 Å². The van der Waals surface area contributed by atoms with Crippen molar-refractivity contribution in [2.45, 2.75) is 13.0 Å². The molecule has 2 N–H and O–H groups in total. The highest BCUT2D eigenvalue weighted by atomic mass is 16.3. The van der Waals surface area contributed by atoms with E-state index in [9.17, 15) is 4.79 Å². The number of aromatic nitrogens is 1. The Labute approximate surface area is 135 Å². The molecule has 118 valence electrons. The van der Waals surface area contributed by atoms with Crippen LogP contribution in [-0.4, -0.2) is 28.7 Å². The zero-order valence-electron chi connectivity index (χ0n) is 12.9. The van der Waals surface area contributed by atoms with Gasteiger partial charge in [-0.05, 0) is 23.1 Å². The third kappa shape index (κ3) is 3.60. The molecule has 3 rings (SSSR count). The number of aliphatic hydroxyl groups excluding tert-OH is 1. The fourth-order valence-electron chi connectivity index (χ4n) is 2.79. The maximum absolute atomic E-state index is 12.0. The van der Waals surface area contributed by atoms with E-state index in [2.05, 4.69) is 40.2 Å². The van der Waals surface area contributed by atoms with Crippen LogP contribution in [0.3, 0.4) is 0 Å². The third-order valence-corrected chi connectivity index (χ3v) is 3.86. The van der Waals surface area contributed by atoms with Crippen LogP contribution in [0.1, 0.15) is 11.3 Å². The highest BCUT2D eigenvalue weighted by molar-refractivity contribution is 5.85. The van der Waals surface area contributed by atoms with Crippen molar-refractivity contribution in [1.82, 2.24) is 9.88 Å². The quantitative estimate of drug-likeness (QED) is 0.734. The molecule has 1 heterocycles. The van der Waals surface area contributed by atoms with E-state index < -0.39 is 0 Å². The second-order valence-electron chi connectivity index (χ2n) is 5.52. The smallest absolute Gasteiger partial charge is 0.226 e. The van der Waals surface area contributed by atoms with Crippen LogP contribution in [0.15, 0.2) is 60.7 Å². The van der Waals surface area contributed by atoms with Crippen LogP contribution in [0.5, 0.6) is 0 Å². The maximum atomic E-state index is 12.0. The lowest BCUT2D eigenvalue weighted by molar-refractivity contribution is -0.120. The maximum Gasteiger partial charge on any atom is 0.226 e. The average molecular weight is 308 g/mol. The molecule has 0 unspecified atom stereocenters. The first-order valence-corrected chi connectivity index (χ1v) is 7.76. The lowest BCUT2D eigenvalue weighted by Crippen LogP contribution is -2.28. The molecule has 0 spiro atoms. The molecule has 0 fully saturated rings. The Kier molecular flexibility index (Phi) is 4.74. The molecule has 0 radical (unpaired) electrons. The van der Waals surface area contributed by atoms with Gasteiger partial charge in [0.15, 0.2) is 0 Å². The van der Waals surface area contributed by atoms with Gasteiger partial charge in [-0.25, -0.2) is 0 Å². The topological polar surface area (TPSA) is 54.3 Å². The number of amides is 1. The summed E-state index contributed by atoms with van der Waals surface area (Å²) < 4.78 is 2.18. The predicted octanol–water partition coefficient (Wildman–Crippen LogP) is 2.34. The summed E-state index contributed by atoms with van der Waals surface area (Å²) >= 11 is 0. The SMILES string of the molecule is O=C(Cc1cc2ccccc2n1Cc1ccccc1)NCCO. The molecule has 0 aliphatic heterocycles. The van der Waals surface area contributed by atoms with Crippen molar-refractivity contribution in [3.63, 3.8) is 0 Å². The highest BCUT2D eigenvalue weighted by Crippen LogP contribution is 2.21. The summed E-state index contributed by atoms with van der Waals surface area (Å²) in [6, 6.07) is 20.4. The average Bonchev–Trinajstić information content (AvgIpc) is 2.91. The number of para-hydroxylation sites is 1. The van der Waals surface area contributed by atoms with Gasteiger partial charge in [0.2, 0.25) is 5.91 Å². The predicted molar refractivity (Wildman–Crippen MR) is 91.3 cm³/mol. The van der Waals surface area contributed by atoms with Crippen molar-refractivity contribution in [1.29, 1.82) is 0 Å². The zero-order chi connectivity index (χ0) is 16.1. The number of fused-ring (bicyclic) bond motifs is 1. The van der Waals surface area contributed by atoms with E-state index in [-0.39, 0.29) is 19.1 Å². The second-order valence-corrected chi connectivity index (χ2v) is 5.52. The van der Waals surface area contributed by atoms with Gasteiger partial charge >= 0.3 is 0 Å². The normalized spacial score (nSPS) is 10.8. The summed E-state index contributed by atoms with van der Waals surface area (Å²) in [5, 5.41) is 12.7. The van der Waals surface area contributed by atoms with Crippen LogP contribution >= 0.6 is 0 Å². The summed E-state index contributed by atoms with van der Waals surface area (Å²) in [6.45, 7) is 0.980. The number of rotatable bonds is 6. The molecule has 0 aliphatic carbocycles. The molecule has 1 aromatic heterocycles. The molecule has 3 aromatic rings. The number of hydrogen-bond donors (Lipinski definition) is 2. The van der Waals surface area contributed by atoms with Gasteiger partial charge < -0.3 is 15.0 Å². The number of carbonyl (C=O) groups excluding carboxylic acids is 1. The summed E-state index contributed by atoms with van der Waals surface area (Å²) in [7, 11) is 0. The molecule has 4 nitrogen and oxygen atoms in total. The Bertz CT molecular complexity index is 793. The molecule has 4 heteroatoms. The zero-order valence-corrected chi connectivity index (χ0v) is 12.9. The summed E-state index contributed by atoms with van der Waals surface area (Å²) in [5.74, 6) is -0.0730.